The van der Waals surface area contributed by atoms with Crippen LogP contribution < -0.4 is 5.32 Å². The normalized spacial score (nSPS) is 20.1. The average Bonchev–Trinajstić information content (AvgIpc) is 2.54. The van der Waals surface area contributed by atoms with Crippen LogP contribution in [0, 0.1) is 0 Å². The van der Waals surface area contributed by atoms with Crippen LogP contribution in [0.25, 0.3) is 0 Å². The maximum Gasteiger partial charge on any atom is 0.220 e. The third-order valence-corrected chi connectivity index (χ3v) is 5.35. The topological polar surface area (TPSA) is 32.3 Å². The van der Waals surface area contributed by atoms with Gasteiger partial charge in [-0.3, -0.25) is 9.69 Å². The van der Waals surface area contributed by atoms with E-state index in [1.165, 1.54) is 18.4 Å². The van der Waals surface area contributed by atoms with Crippen LogP contribution >= 0.6 is 0 Å². The number of likely N-dealkylation sites (tertiary alicyclic amines) is 1. The lowest BCUT2D eigenvalue weighted by atomic mass is 9.86. The monoisotopic (exact) mass is 326 g/mol. The molecule has 0 aromatic heterocycles. The van der Waals surface area contributed by atoms with Crippen molar-refractivity contribution >= 4 is 5.91 Å². The van der Waals surface area contributed by atoms with Crippen molar-refractivity contribution in [3.63, 3.8) is 0 Å². The molecule has 3 nitrogen and oxygen atoms in total. The van der Waals surface area contributed by atoms with Crippen molar-refractivity contribution in [2.45, 2.75) is 64.0 Å². The van der Waals surface area contributed by atoms with Crippen LogP contribution in [-0.2, 0) is 11.2 Å². The Hall–Kier alpha value is -1.61. The molecule has 3 rings (SSSR count). The predicted octanol–water partition coefficient (Wildman–Crippen LogP) is 3.70. The third kappa shape index (κ3) is 4.47. The van der Waals surface area contributed by atoms with E-state index in [4.69, 9.17) is 0 Å². The van der Waals surface area contributed by atoms with Crippen molar-refractivity contribution in [3.05, 3.63) is 47.5 Å². The molecule has 1 aliphatic carbocycles. The number of allylic oxidation sites excluding steroid dienone is 1. The largest absolute Gasteiger partial charge is 0.353 e. The van der Waals surface area contributed by atoms with Gasteiger partial charge in [0.25, 0.3) is 0 Å². The zero-order chi connectivity index (χ0) is 16.8. The highest BCUT2D eigenvalue weighted by Gasteiger charge is 2.29. The third-order valence-electron chi connectivity index (χ3n) is 5.35. The van der Waals surface area contributed by atoms with Gasteiger partial charge in [0.15, 0.2) is 0 Å². The molecule has 130 valence electrons. The summed E-state index contributed by atoms with van der Waals surface area (Å²) >= 11 is 0. The van der Waals surface area contributed by atoms with E-state index in [1.807, 2.05) is 0 Å². The zero-order valence-corrected chi connectivity index (χ0v) is 14.8. The molecule has 1 amide bonds. The zero-order valence-electron chi connectivity index (χ0n) is 14.8. The number of hydrogen-bond donors (Lipinski definition) is 1. The van der Waals surface area contributed by atoms with E-state index in [0.29, 0.717) is 18.5 Å². The fourth-order valence-corrected chi connectivity index (χ4v) is 3.83. The number of piperidine rings is 1. The van der Waals surface area contributed by atoms with Gasteiger partial charge in [0.1, 0.15) is 0 Å². The molecule has 1 atom stereocenters. The maximum absolute atomic E-state index is 11.8. The maximum atomic E-state index is 11.8. The lowest BCUT2D eigenvalue weighted by molar-refractivity contribution is -0.122. The van der Waals surface area contributed by atoms with Crippen molar-refractivity contribution in [2.75, 3.05) is 13.1 Å². The summed E-state index contributed by atoms with van der Waals surface area (Å²) in [6.45, 7) is 4.24. The van der Waals surface area contributed by atoms with E-state index in [-0.39, 0.29) is 5.91 Å². The van der Waals surface area contributed by atoms with Gasteiger partial charge in [0.05, 0.1) is 0 Å². The first-order valence-corrected chi connectivity index (χ1v) is 9.52. The Labute approximate surface area is 146 Å². The first-order chi connectivity index (χ1) is 11.8. The summed E-state index contributed by atoms with van der Waals surface area (Å²) in [7, 11) is 0. The Morgan fingerprint density at radius 2 is 1.96 bits per heavy atom. The molecule has 1 aromatic carbocycles. The highest BCUT2D eigenvalue weighted by molar-refractivity contribution is 5.76. The summed E-state index contributed by atoms with van der Waals surface area (Å²) in [5.74, 6) is 0.221. The SMILES string of the molecule is CCCC(=O)NC1CCN(C(Cc2ccccc2)C2=CCC2)CC1. The van der Waals surface area contributed by atoms with Crippen LogP contribution in [0.5, 0.6) is 0 Å². The van der Waals surface area contributed by atoms with E-state index in [1.54, 1.807) is 5.57 Å². The number of hydrogen-bond acceptors (Lipinski definition) is 2. The van der Waals surface area contributed by atoms with Gasteiger partial charge >= 0.3 is 0 Å². The second kappa shape index (κ2) is 8.48. The second-order valence-corrected chi connectivity index (χ2v) is 7.15. The van der Waals surface area contributed by atoms with Crippen LogP contribution in [0.1, 0.15) is 51.0 Å². The Morgan fingerprint density at radius 3 is 2.54 bits per heavy atom. The summed E-state index contributed by atoms with van der Waals surface area (Å²) in [5.41, 5.74) is 3.04. The lowest BCUT2D eigenvalue weighted by Crippen LogP contribution is -2.49. The van der Waals surface area contributed by atoms with Crippen LogP contribution in [0.15, 0.2) is 42.0 Å². The summed E-state index contributed by atoms with van der Waals surface area (Å²) in [6.07, 6.45) is 9.76. The van der Waals surface area contributed by atoms with Gasteiger partial charge in [0, 0.05) is 31.6 Å². The highest BCUT2D eigenvalue weighted by atomic mass is 16.1. The quantitative estimate of drug-likeness (QED) is 0.775. The van der Waals surface area contributed by atoms with Crippen molar-refractivity contribution in [2.24, 2.45) is 0 Å². The van der Waals surface area contributed by atoms with E-state index in [9.17, 15) is 4.79 Å². The van der Waals surface area contributed by atoms with E-state index in [2.05, 4.69) is 53.5 Å². The van der Waals surface area contributed by atoms with Gasteiger partial charge in [-0.1, -0.05) is 48.9 Å². The van der Waals surface area contributed by atoms with Gasteiger partial charge in [-0.25, -0.2) is 0 Å². The van der Waals surface area contributed by atoms with Crippen LogP contribution in [0.3, 0.4) is 0 Å². The first kappa shape index (κ1) is 17.2. The molecule has 0 spiro atoms. The molecule has 1 aromatic rings. The molecular weight excluding hydrogens is 296 g/mol. The number of carbonyl (C=O) groups excluding carboxylic acids is 1. The molecule has 24 heavy (non-hydrogen) atoms. The Balaban J connectivity index is 1.56. The number of rotatable bonds is 7. The van der Waals surface area contributed by atoms with Crippen molar-refractivity contribution < 1.29 is 4.79 Å². The van der Waals surface area contributed by atoms with E-state index < -0.39 is 0 Å². The molecule has 3 heteroatoms. The fraction of sp³-hybridized carbons (Fsp3) is 0.571. The fourth-order valence-electron chi connectivity index (χ4n) is 3.83. The lowest BCUT2D eigenvalue weighted by Gasteiger charge is -2.40. The van der Waals surface area contributed by atoms with Crippen LogP contribution in [0.4, 0.5) is 0 Å². The summed E-state index contributed by atoms with van der Waals surface area (Å²) < 4.78 is 0. The molecule has 2 aliphatic rings. The first-order valence-electron chi connectivity index (χ1n) is 9.52. The minimum atomic E-state index is 0.221. The van der Waals surface area contributed by atoms with Gasteiger partial charge in [-0.05, 0) is 44.1 Å². The average molecular weight is 326 g/mol. The Morgan fingerprint density at radius 1 is 1.25 bits per heavy atom. The molecule has 1 unspecified atom stereocenters. The molecule has 0 bridgehead atoms. The molecule has 1 heterocycles. The van der Waals surface area contributed by atoms with Crippen LogP contribution in [0.2, 0.25) is 0 Å². The number of nitrogens with one attached hydrogen (secondary N) is 1. The standard InChI is InChI=1S/C21H30N2O/c1-2-7-21(24)22-19-12-14-23(15-13-19)20(18-10-6-11-18)16-17-8-4-3-5-9-17/h3-5,8-10,19-20H,2,6-7,11-16H2,1H3,(H,22,24). The molecule has 1 aliphatic heterocycles. The summed E-state index contributed by atoms with van der Waals surface area (Å²) in [5, 5.41) is 3.21. The summed E-state index contributed by atoms with van der Waals surface area (Å²) in [4.78, 5) is 14.4. The van der Waals surface area contributed by atoms with Crippen molar-refractivity contribution in [1.29, 1.82) is 0 Å². The van der Waals surface area contributed by atoms with Crippen molar-refractivity contribution in [1.82, 2.24) is 10.2 Å². The summed E-state index contributed by atoms with van der Waals surface area (Å²) in [6, 6.07) is 11.8. The number of benzene rings is 1. The molecular formula is C21H30N2O. The Bertz CT molecular complexity index is 558. The smallest absolute Gasteiger partial charge is 0.220 e. The van der Waals surface area contributed by atoms with Crippen LogP contribution in [-0.4, -0.2) is 36.0 Å². The molecule has 1 saturated heterocycles. The van der Waals surface area contributed by atoms with Gasteiger partial charge < -0.3 is 5.32 Å². The van der Waals surface area contributed by atoms with E-state index >= 15 is 0 Å². The minimum absolute atomic E-state index is 0.221. The number of amides is 1. The van der Waals surface area contributed by atoms with Gasteiger partial charge in [0.2, 0.25) is 5.91 Å². The number of carbonyl (C=O) groups is 1. The molecule has 0 saturated carbocycles. The second-order valence-electron chi connectivity index (χ2n) is 7.15. The number of nitrogens with zero attached hydrogens (tertiary/aromatic N) is 1. The van der Waals surface area contributed by atoms with Gasteiger partial charge in [-0.2, -0.15) is 0 Å². The molecule has 1 fully saturated rings. The molecule has 0 radical (unpaired) electrons. The molecule has 1 N–H and O–H groups in total. The highest BCUT2D eigenvalue weighted by Crippen LogP contribution is 2.29. The van der Waals surface area contributed by atoms with Gasteiger partial charge in [-0.15, -0.1) is 0 Å². The van der Waals surface area contributed by atoms with Crippen molar-refractivity contribution in [3.8, 4) is 0 Å². The Kier molecular flexibility index (Phi) is 6.08. The minimum Gasteiger partial charge on any atom is -0.353 e. The predicted molar refractivity (Wildman–Crippen MR) is 98.9 cm³/mol. The van der Waals surface area contributed by atoms with E-state index in [0.717, 1.165) is 38.8 Å².